The smallest absolute Gasteiger partial charge is 0.225 e. The minimum atomic E-state index is -0.144. The van der Waals surface area contributed by atoms with Gasteiger partial charge in [-0.25, -0.2) is 0 Å². The first kappa shape index (κ1) is 12.5. The van der Waals surface area contributed by atoms with E-state index in [1.165, 1.54) is 0 Å². The van der Waals surface area contributed by atoms with E-state index < -0.39 is 0 Å². The highest BCUT2D eigenvalue weighted by Gasteiger charge is 2.08. The molecule has 0 aliphatic rings. The van der Waals surface area contributed by atoms with E-state index in [2.05, 4.69) is 10.3 Å². The number of para-hydroxylation sites is 1. The third-order valence-electron chi connectivity index (χ3n) is 2.64. The predicted molar refractivity (Wildman–Crippen MR) is 73.4 cm³/mol. The minimum absolute atomic E-state index is 0.0826. The van der Waals surface area contributed by atoms with Gasteiger partial charge in [0.1, 0.15) is 0 Å². The van der Waals surface area contributed by atoms with Crippen molar-refractivity contribution >= 4 is 22.5 Å². The Labute approximate surface area is 106 Å². The zero-order valence-corrected chi connectivity index (χ0v) is 10.6. The molecule has 2 aromatic rings. The highest BCUT2D eigenvalue weighted by Crippen LogP contribution is 2.21. The molecule has 1 aromatic heterocycles. The molecule has 0 aliphatic carbocycles. The lowest BCUT2D eigenvalue weighted by atomic mass is 10.1. The summed E-state index contributed by atoms with van der Waals surface area (Å²) >= 11 is 0. The lowest BCUT2D eigenvalue weighted by Gasteiger charge is -2.09. The van der Waals surface area contributed by atoms with Crippen molar-refractivity contribution in [1.29, 1.82) is 0 Å². The zero-order chi connectivity index (χ0) is 13.1. The minimum Gasteiger partial charge on any atom is -0.327 e. The van der Waals surface area contributed by atoms with Crippen LogP contribution in [-0.2, 0) is 4.79 Å². The van der Waals surface area contributed by atoms with Crippen LogP contribution in [0.2, 0.25) is 0 Å². The van der Waals surface area contributed by atoms with Crippen LogP contribution >= 0.6 is 0 Å². The van der Waals surface area contributed by atoms with Gasteiger partial charge in [0.2, 0.25) is 5.91 Å². The number of nitrogens with one attached hydrogen (secondary N) is 1. The molecule has 1 atom stereocenters. The maximum atomic E-state index is 11.7. The summed E-state index contributed by atoms with van der Waals surface area (Å²) in [6.45, 7) is 3.74. The first-order chi connectivity index (χ1) is 8.56. The number of benzene rings is 1. The quantitative estimate of drug-likeness (QED) is 0.868. The van der Waals surface area contributed by atoms with Gasteiger partial charge >= 0.3 is 0 Å². The molecule has 18 heavy (non-hydrogen) atoms. The molecule has 0 saturated heterocycles. The lowest BCUT2D eigenvalue weighted by Crippen LogP contribution is -2.24. The summed E-state index contributed by atoms with van der Waals surface area (Å²) in [7, 11) is 0. The SMILES string of the molecule is Cc1ccc2cccc(NC(=O)CC(C)N)c2n1. The van der Waals surface area contributed by atoms with Crippen LogP contribution in [0.5, 0.6) is 0 Å². The molecule has 0 aliphatic heterocycles. The Kier molecular flexibility index (Phi) is 3.58. The lowest BCUT2D eigenvalue weighted by molar-refractivity contribution is -0.116. The van der Waals surface area contributed by atoms with Gasteiger partial charge < -0.3 is 11.1 Å². The summed E-state index contributed by atoms with van der Waals surface area (Å²) in [6, 6.07) is 9.54. The Bertz CT molecular complexity index is 578. The van der Waals surface area contributed by atoms with E-state index in [1.54, 1.807) is 0 Å². The van der Waals surface area contributed by atoms with Gasteiger partial charge in [-0.05, 0) is 26.0 Å². The largest absolute Gasteiger partial charge is 0.327 e. The van der Waals surface area contributed by atoms with Crippen LogP contribution in [0, 0.1) is 6.92 Å². The first-order valence-electron chi connectivity index (χ1n) is 5.98. The maximum absolute atomic E-state index is 11.7. The van der Waals surface area contributed by atoms with Gasteiger partial charge in [-0.3, -0.25) is 9.78 Å². The van der Waals surface area contributed by atoms with Gasteiger partial charge in [-0.15, -0.1) is 0 Å². The Balaban J connectivity index is 2.33. The standard InChI is InChI=1S/C14H17N3O/c1-9(15)8-13(18)17-12-5-3-4-11-7-6-10(2)16-14(11)12/h3-7,9H,8,15H2,1-2H3,(H,17,18). The van der Waals surface area contributed by atoms with Crippen molar-refractivity contribution in [3.05, 3.63) is 36.0 Å². The maximum Gasteiger partial charge on any atom is 0.225 e. The highest BCUT2D eigenvalue weighted by atomic mass is 16.1. The van der Waals surface area contributed by atoms with E-state index in [1.807, 2.05) is 44.2 Å². The number of nitrogens with zero attached hydrogens (tertiary/aromatic N) is 1. The number of aromatic nitrogens is 1. The van der Waals surface area contributed by atoms with Crippen LogP contribution in [0.3, 0.4) is 0 Å². The molecule has 1 aromatic carbocycles. The number of amides is 1. The molecule has 0 bridgehead atoms. The first-order valence-corrected chi connectivity index (χ1v) is 5.98. The molecule has 2 rings (SSSR count). The van der Waals surface area contributed by atoms with Crippen molar-refractivity contribution in [2.24, 2.45) is 5.73 Å². The second-order valence-corrected chi connectivity index (χ2v) is 4.56. The van der Waals surface area contributed by atoms with Crippen LogP contribution in [0.25, 0.3) is 10.9 Å². The molecule has 1 unspecified atom stereocenters. The van der Waals surface area contributed by atoms with Gasteiger partial charge in [0, 0.05) is 23.5 Å². The molecule has 94 valence electrons. The van der Waals surface area contributed by atoms with Crippen molar-refractivity contribution in [3.63, 3.8) is 0 Å². The van der Waals surface area contributed by atoms with Crippen molar-refractivity contribution < 1.29 is 4.79 Å². The van der Waals surface area contributed by atoms with E-state index in [9.17, 15) is 4.79 Å². The molecule has 1 amide bonds. The molecule has 0 saturated carbocycles. The number of fused-ring (bicyclic) bond motifs is 1. The van der Waals surface area contributed by atoms with Gasteiger partial charge in [0.05, 0.1) is 11.2 Å². The molecular formula is C14H17N3O. The second-order valence-electron chi connectivity index (χ2n) is 4.56. The number of anilines is 1. The molecule has 0 spiro atoms. The Morgan fingerprint density at radius 2 is 2.17 bits per heavy atom. The predicted octanol–water partition coefficient (Wildman–Crippen LogP) is 2.22. The van der Waals surface area contributed by atoms with Gasteiger partial charge in [0.25, 0.3) is 0 Å². The van der Waals surface area contributed by atoms with E-state index in [-0.39, 0.29) is 11.9 Å². The molecule has 4 heteroatoms. The number of hydrogen-bond donors (Lipinski definition) is 2. The van der Waals surface area contributed by atoms with E-state index in [4.69, 9.17) is 5.73 Å². The average Bonchev–Trinajstić information content (AvgIpc) is 2.28. The second kappa shape index (κ2) is 5.14. The van der Waals surface area contributed by atoms with Crippen LogP contribution in [-0.4, -0.2) is 16.9 Å². The molecule has 0 fully saturated rings. The Hall–Kier alpha value is -1.94. The van der Waals surface area contributed by atoms with Crippen molar-refractivity contribution in [2.45, 2.75) is 26.3 Å². The van der Waals surface area contributed by atoms with Gasteiger partial charge in [-0.1, -0.05) is 18.2 Å². The number of carbonyl (C=O) groups is 1. The van der Waals surface area contributed by atoms with Gasteiger partial charge in [-0.2, -0.15) is 0 Å². The van der Waals surface area contributed by atoms with Crippen molar-refractivity contribution in [1.82, 2.24) is 4.98 Å². The normalized spacial score (nSPS) is 12.4. The summed E-state index contributed by atoms with van der Waals surface area (Å²) in [5.41, 5.74) is 8.09. The fourth-order valence-corrected chi connectivity index (χ4v) is 1.84. The number of rotatable bonds is 3. The van der Waals surface area contributed by atoms with Crippen molar-refractivity contribution in [3.8, 4) is 0 Å². The van der Waals surface area contributed by atoms with E-state index >= 15 is 0 Å². The van der Waals surface area contributed by atoms with E-state index in [0.29, 0.717) is 6.42 Å². The third kappa shape index (κ3) is 2.84. The number of carbonyl (C=O) groups excluding carboxylic acids is 1. The van der Waals surface area contributed by atoms with Crippen LogP contribution in [0.1, 0.15) is 19.0 Å². The Morgan fingerprint density at radius 3 is 2.89 bits per heavy atom. The topological polar surface area (TPSA) is 68.0 Å². The average molecular weight is 243 g/mol. The summed E-state index contributed by atoms with van der Waals surface area (Å²) in [6.07, 6.45) is 0.308. The van der Waals surface area contributed by atoms with Crippen molar-refractivity contribution in [2.75, 3.05) is 5.32 Å². The Morgan fingerprint density at radius 1 is 1.39 bits per heavy atom. The van der Waals surface area contributed by atoms with Gasteiger partial charge in [0.15, 0.2) is 0 Å². The fraction of sp³-hybridized carbons (Fsp3) is 0.286. The summed E-state index contributed by atoms with van der Waals surface area (Å²) in [5.74, 6) is -0.0826. The highest BCUT2D eigenvalue weighted by molar-refractivity contribution is 6.00. The monoisotopic (exact) mass is 243 g/mol. The molecule has 4 nitrogen and oxygen atoms in total. The number of nitrogens with two attached hydrogens (primary N) is 1. The fourth-order valence-electron chi connectivity index (χ4n) is 1.84. The summed E-state index contributed by atoms with van der Waals surface area (Å²) < 4.78 is 0. The summed E-state index contributed by atoms with van der Waals surface area (Å²) in [4.78, 5) is 16.2. The third-order valence-corrected chi connectivity index (χ3v) is 2.64. The number of aryl methyl sites for hydroxylation is 1. The molecule has 0 radical (unpaired) electrons. The zero-order valence-electron chi connectivity index (χ0n) is 10.6. The molecule has 3 N–H and O–H groups in total. The van der Waals surface area contributed by atoms with Crippen LogP contribution in [0.15, 0.2) is 30.3 Å². The number of hydrogen-bond acceptors (Lipinski definition) is 3. The summed E-state index contributed by atoms with van der Waals surface area (Å²) in [5, 5.41) is 3.88. The van der Waals surface area contributed by atoms with Crippen LogP contribution < -0.4 is 11.1 Å². The van der Waals surface area contributed by atoms with Crippen LogP contribution in [0.4, 0.5) is 5.69 Å². The molecule has 1 heterocycles. The molecular weight excluding hydrogens is 226 g/mol. The number of pyridine rings is 1. The van der Waals surface area contributed by atoms with E-state index in [0.717, 1.165) is 22.3 Å².